The minimum Gasteiger partial charge on any atom is -0.394 e. The molecule has 2 N–H and O–H groups in total. The quantitative estimate of drug-likeness (QED) is 0.750. The molecule has 0 amide bonds. The van der Waals surface area contributed by atoms with Gasteiger partial charge in [0, 0.05) is 5.54 Å². The lowest BCUT2D eigenvalue weighted by Crippen LogP contribution is -2.49. The molecule has 0 saturated carbocycles. The Morgan fingerprint density at radius 1 is 1.29 bits per heavy atom. The molecule has 1 aliphatic rings. The smallest absolute Gasteiger partial charge is 0.0619 e. The number of aliphatic hydroxyl groups excluding tert-OH is 1. The van der Waals surface area contributed by atoms with Gasteiger partial charge in [-0.05, 0) is 30.5 Å². The maximum absolute atomic E-state index is 9.46. The Kier molecular flexibility index (Phi) is 2.57. The number of hydrogen-bond donors (Lipinski definition) is 2. The monoisotopic (exact) mass is 191 g/mol. The average Bonchev–Trinajstić information content (AvgIpc) is 2.57. The van der Waals surface area contributed by atoms with Crippen molar-refractivity contribution < 1.29 is 5.11 Å². The Bertz CT molecular complexity index is 297. The van der Waals surface area contributed by atoms with Crippen molar-refractivity contribution in [3.8, 4) is 0 Å². The summed E-state index contributed by atoms with van der Waals surface area (Å²) >= 11 is 0. The first kappa shape index (κ1) is 9.69. The topological polar surface area (TPSA) is 32.3 Å². The number of benzene rings is 1. The van der Waals surface area contributed by atoms with Crippen molar-refractivity contribution in [2.45, 2.75) is 25.3 Å². The van der Waals surface area contributed by atoms with Crippen LogP contribution in [0.3, 0.4) is 0 Å². The van der Waals surface area contributed by atoms with Crippen LogP contribution in [0.2, 0.25) is 0 Å². The summed E-state index contributed by atoms with van der Waals surface area (Å²) in [5, 5.41) is 12.9. The molecule has 1 aromatic rings. The van der Waals surface area contributed by atoms with Crippen molar-refractivity contribution in [1.29, 1.82) is 0 Å². The SMILES string of the molecule is CCNC1(CO)Cc2ccccc2C1. The van der Waals surface area contributed by atoms with Gasteiger partial charge in [-0.3, -0.25) is 0 Å². The molecule has 1 aliphatic carbocycles. The van der Waals surface area contributed by atoms with E-state index >= 15 is 0 Å². The zero-order valence-electron chi connectivity index (χ0n) is 8.59. The number of rotatable bonds is 3. The summed E-state index contributed by atoms with van der Waals surface area (Å²) in [6.07, 6.45) is 1.90. The number of hydrogen-bond acceptors (Lipinski definition) is 2. The molecule has 2 rings (SSSR count). The molecule has 0 atom stereocenters. The van der Waals surface area contributed by atoms with Crippen LogP contribution < -0.4 is 5.32 Å². The highest BCUT2D eigenvalue weighted by Gasteiger charge is 2.35. The van der Waals surface area contributed by atoms with Crippen LogP contribution in [0.5, 0.6) is 0 Å². The van der Waals surface area contributed by atoms with Crippen LogP contribution in [-0.4, -0.2) is 23.8 Å². The van der Waals surface area contributed by atoms with Gasteiger partial charge in [0.15, 0.2) is 0 Å². The fourth-order valence-electron chi connectivity index (χ4n) is 2.36. The van der Waals surface area contributed by atoms with E-state index in [1.54, 1.807) is 0 Å². The van der Waals surface area contributed by atoms with Gasteiger partial charge in [0.25, 0.3) is 0 Å². The standard InChI is InChI=1S/C12H17NO/c1-2-13-12(9-14)7-10-5-3-4-6-11(10)8-12/h3-6,13-14H,2,7-9H2,1H3. The molecule has 0 saturated heterocycles. The molecule has 14 heavy (non-hydrogen) atoms. The van der Waals surface area contributed by atoms with Gasteiger partial charge in [0.05, 0.1) is 6.61 Å². The van der Waals surface area contributed by atoms with Crippen molar-refractivity contribution in [2.24, 2.45) is 0 Å². The van der Waals surface area contributed by atoms with E-state index in [4.69, 9.17) is 0 Å². The molecule has 0 bridgehead atoms. The van der Waals surface area contributed by atoms with Gasteiger partial charge in [-0.25, -0.2) is 0 Å². The first-order valence-corrected chi connectivity index (χ1v) is 5.22. The van der Waals surface area contributed by atoms with E-state index in [0.29, 0.717) is 0 Å². The normalized spacial score (nSPS) is 18.1. The summed E-state index contributed by atoms with van der Waals surface area (Å²) in [6.45, 7) is 3.21. The molecule has 0 aromatic heterocycles. The Balaban J connectivity index is 2.23. The zero-order valence-corrected chi connectivity index (χ0v) is 8.59. The molecular formula is C12H17NO. The number of aliphatic hydroxyl groups is 1. The van der Waals surface area contributed by atoms with Gasteiger partial charge in [0.1, 0.15) is 0 Å². The predicted molar refractivity (Wildman–Crippen MR) is 57.3 cm³/mol. The molecule has 1 aromatic carbocycles. The maximum atomic E-state index is 9.46. The van der Waals surface area contributed by atoms with Gasteiger partial charge in [-0.1, -0.05) is 31.2 Å². The minimum absolute atomic E-state index is 0.0988. The first-order valence-electron chi connectivity index (χ1n) is 5.22. The molecular weight excluding hydrogens is 174 g/mol. The van der Waals surface area contributed by atoms with Crippen LogP contribution in [0.25, 0.3) is 0 Å². The van der Waals surface area contributed by atoms with Gasteiger partial charge in [0.2, 0.25) is 0 Å². The van der Waals surface area contributed by atoms with Crippen molar-refractivity contribution in [1.82, 2.24) is 5.32 Å². The van der Waals surface area contributed by atoms with E-state index in [9.17, 15) is 5.11 Å². The number of nitrogens with one attached hydrogen (secondary N) is 1. The Morgan fingerprint density at radius 2 is 1.86 bits per heavy atom. The molecule has 0 aliphatic heterocycles. The third-order valence-corrected chi connectivity index (χ3v) is 3.03. The molecule has 0 unspecified atom stereocenters. The molecule has 2 nitrogen and oxygen atoms in total. The minimum atomic E-state index is -0.0988. The Hall–Kier alpha value is -0.860. The lowest BCUT2D eigenvalue weighted by Gasteiger charge is -2.27. The zero-order chi connectivity index (χ0) is 10.0. The van der Waals surface area contributed by atoms with Crippen LogP contribution in [0.1, 0.15) is 18.1 Å². The Morgan fingerprint density at radius 3 is 2.29 bits per heavy atom. The summed E-state index contributed by atoms with van der Waals surface area (Å²) in [6, 6.07) is 8.45. The lowest BCUT2D eigenvalue weighted by atomic mass is 9.97. The number of fused-ring (bicyclic) bond motifs is 1. The Labute approximate surface area is 85.0 Å². The molecule has 0 heterocycles. The maximum Gasteiger partial charge on any atom is 0.0619 e. The summed E-state index contributed by atoms with van der Waals surface area (Å²) < 4.78 is 0. The number of likely N-dealkylation sites (N-methyl/N-ethyl adjacent to an activating group) is 1. The van der Waals surface area contributed by atoms with Gasteiger partial charge < -0.3 is 10.4 Å². The molecule has 76 valence electrons. The van der Waals surface area contributed by atoms with Crippen molar-refractivity contribution in [3.63, 3.8) is 0 Å². The largest absolute Gasteiger partial charge is 0.394 e. The molecule has 0 fully saturated rings. The highest BCUT2D eigenvalue weighted by atomic mass is 16.3. The summed E-state index contributed by atoms with van der Waals surface area (Å²) in [5.74, 6) is 0. The van der Waals surface area contributed by atoms with E-state index in [1.165, 1.54) is 11.1 Å². The molecule has 0 radical (unpaired) electrons. The van der Waals surface area contributed by atoms with Crippen LogP contribution in [0.15, 0.2) is 24.3 Å². The van der Waals surface area contributed by atoms with Crippen LogP contribution in [-0.2, 0) is 12.8 Å². The fraction of sp³-hybridized carbons (Fsp3) is 0.500. The van der Waals surface area contributed by atoms with Crippen LogP contribution in [0.4, 0.5) is 0 Å². The van der Waals surface area contributed by atoms with E-state index < -0.39 is 0 Å². The van der Waals surface area contributed by atoms with E-state index in [0.717, 1.165) is 19.4 Å². The van der Waals surface area contributed by atoms with Gasteiger partial charge in [-0.15, -0.1) is 0 Å². The fourth-order valence-corrected chi connectivity index (χ4v) is 2.36. The second-order valence-corrected chi connectivity index (χ2v) is 4.09. The highest BCUT2D eigenvalue weighted by molar-refractivity contribution is 5.36. The highest BCUT2D eigenvalue weighted by Crippen LogP contribution is 2.29. The van der Waals surface area contributed by atoms with Crippen molar-refractivity contribution in [2.75, 3.05) is 13.2 Å². The lowest BCUT2D eigenvalue weighted by molar-refractivity contribution is 0.169. The van der Waals surface area contributed by atoms with Gasteiger partial charge >= 0.3 is 0 Å². The second-order valence-electron chi connectivity index (χ2n) is 4.09. The molecule has 2 heteroatoms. The third kappa shape index (κ3) is 1.56. The predicted octanol–water partition coefficient (Wildman–Crippen LogP) is 1.13. The molecule has 0 spiro atoms. The van der Waals surface area contributed by atoms with Crippen molar-refractivity contribution in [3.05, 3.63) is 35.4 Å². The summed E-state index contributed by atoms with van der Waals surface area (Å²) in [5.41, 5.74) is 2.66. The van der Waals surface area contributed by atoms with Crippen LogP contribution in [0, 0.1) is 0 Å². The van der Waals surface area contributed by atoms with Gasteiger partial charge in [-0.2, -0.15) is 0 Å². The third-order valence-electron chi connectivity index (χ3n) is 3.03. The first-order chi connectivity index (χ1) is 6.79. The summed E-state index contributed by atoms with van der Waals surface area (Å²) in [4.78, 5) is 0. The summed E-state index contributed by atoms with van der Waals surface area (Å²) in [7, 11) is 0. The van der Waals surface area contributed by atoms with E-state index in [1.807, 2.05) is 0 Å². The van der Waals surface area contributed by atoms with Crippen molar-refractivity contribution >= 4 is 0 Å². The van der Waals surface area contributed by atoms with E-state index in [-0.39, 0.29) is 12.1 Å². The van der Waals surface area contributed by atoms with E-state index in [2.05, 4.69) is 36.5 Å². The second kappa shape index (κ2) is 3.71. The average molecular weight is 191 g/mol. The van der Waals surface area contributed by atoms with Crippen LogP contribution >= 0.6 is 0 Å².